The van der Waals surface area contributed by atoms with Crippen molar-refractivity contribution < 1.29 is 17.3 Å². The number of fused-ring (bicyclic) bond motifs is 3. The molecule has 0 radical (unpaired) electrons. The Morgan fingerprint density at radius 2 is 2.00 bits per heavy atom. The van der Waals surface area contributed by atoms with Gasteiger partial charge in [-0.2, -0.15) is 0 Å². The Balaban J connectivity index is 2.23. The van der Waals surface area contributed by atoms with Crippen LogP contribution in [-0.2, 0) is 13.5 Å². The molecule has 0 unspecified atom stereocenters. The van der Waals surface area contributed by atoms with Crippen LogP contribution in [0.2, 0.25) is 0 Å². The van der Waals surface area contributed by atoms with Gasteiger partial charge in [-0.05, 0) is 6.07 Å². The second-order valence-corrected chi connectivity index (χ2v) is 6.11. The van der Waals surface area contributed by atoms with Crippen LogP contribution < -0.4 is 4.57 Å². The number of hydrogen-bond acceptors (Lipinski definition) is 0. The van der Waals surface area contributed by atoms with Gasteiger partial charge in [0.2, 0.25) is 5.69 Å². The summed E-state index contributed by atoms with van der Waals surface area (Å²) in [6.07, 6.45) is 1.60. The van der Waals surface area contributed by atoms with E-state index in [4.69, 9.17) is 8.22 Å². The summed E-state index contributed by atoms with van der Waals surface area (Å²) in [5.74, 6) is 0. The lowest BCUT2D eigenvalue weighted by Gasteiger charge is -2.24. The van der Waals surface area contributed by atoms with Crippen molar-refractivity contribution in [1.82, 2.24) is 4.57 Å². The van der Waals surface area contributed by atoms with Crippen molar-refractivity contribution in [3.8, 4) is 0 Å². The molecule has 0 aliphatic carbocycles. The second kappa shape index (κ2) is 4.85. The Morgan fingerprint density at radius 3 is 2.76 bits per heavy atom. The number of pyridine rings is 1. The quantitative estimate of drug-likeness (QED) is 0.518. The van der Waals surface area contributed by atoms with E-state index in [0.29, 0.717) is 18.8 Å². The van der Waals surface area contributed by atoms with E-state index in [2.05, 4.69) is 0 Å². The van der Waals surface area contributed by atoms with Gasteiger partial charge in [0.15, 0.2) is 6.20 Å². The highest BCUT2D eigenvalue weighted by Crippen LogP contribution is 2.29. The number of quaternary nitrogens is 1. The molecule has 0 fully saturated rings. The first-order valence-corrected chi connectivity index (χ1v) is 7.10. The maximum Gasteiger partial charge on any atom is 0.202 e. The Morgan fingerprint density at radius 1 is 1.19 bits per heavy atom. The molecule has 0 amide bonds. The molecule has 3 aromatic rings. The van der Waals surface area contributed by atoms with E-state index in [1.165, 1.54) is 4.57 Å². The molecule has 3 rings (SSSR count). The fourth-order valence-corrected chi connectivity index (χ4v) is 2.85. The molecule has 0 N–H and O–H groups in total. The van der Waals surface area contributed by atoms with Gasteiger partial charge in [0.05, 0.1) is 38.3 Å². The maximum absolute atomic E-state index is 7.79. The van der Waals surface area contributed by atoms with Crippen LogP contribution in [0.15, 0.2) is 36.5 Å². The Labute approximate surface area is 135 Å². The van der Waals surface area contributed by atoms with Crippen molar-refractivity contribution in [2.45, 2.75) is 13.5 Å². The van der Waals surface area contributed by atoms with E-state index in [-0.39, 0.29) is 4.48 Å². The van der Waals surface area contributed by atoms with E-state index >= 15 is 0 Å². The molecule has 21 heavy (non-hydrogen) atoms. The predicted molar refractivity (Wildman–Crippen MR) is 88.3 cm³/mol. The number of benzene rings is 1. The van der Waals surface area contributed by atoms with Gasteiger partial charge in [0.1, 0.15) is 16.6 Å². The largest absolute Gasteiger partial charge is 0.330 e. The van der Waals surface area contributed by atoms with Crippen LogP contribution in [0.5, 0.6) is 0 Å². The van der Waals surface area contributed by atoms with Crippen LogP contribution in [-0.4, -0.2) is 36.7 Å². The second-order valence-electron chi connectivity index (χ2n) is 6.11. The molecule has 0 spiro atoms. The molecule has 3 nitrogen and oxygen atoms in total. The number of rotatable bonds is 3. The standard InChI is InChI=1S/C18H25N3/c1-14-18-16(10-11-19(14)2)15-8-6-7-9-17(15)20(18)12-13-21(3,4)5/h6-11H,12-13H2,1-5H3/q+2/i2D3,3D3. The summed E-state index contributed by atoms with van der Waals surface area (Å²) >= 11 is 0. The van der Waals surface area contributed by atoms with Gasteiger partial charge in [-0.1, -0.05) is 18.2 Å². The number of aromatic nitrogens is 2. The summed E-state index contributed by atoms with van der Waals surface area (Å²) in [6.45, 7) is -1.72. The van der Waals surface area contributed by atoms with Crippen LogP contribution in [0.4, 0.5) is 0 Å². The van der Waals surface area contributed by atoms with Gasteiger partial charge >= 0.3 is 0 Å². The first-order valence-electron chi connectivity index (χ1n) is 10.1. The highest BCUT2D eigenvalue weighted by molar-refractivity contribution is 6.08. The number of para-hydroxylation sites is 1. The zero-order valence-electron chi connectivity index (χ0n) is 18.7. The summed E-state index contributed by atoms with van der Waals surface area (Å²) in [5, 5.41) is 2.01. The topological polar surface area (TPSA) is 8.81 Å². The van der Waals surface area contributed by atoms with Crippen molar-refractivity contribution in [3.05, 3.63) is 42.2 Å². The molecule has 0 saturated carbocycles. The zero-order valence-corrected chi connectivity index (χ0v) is 12.7. The van der Waals surface area contributed by atoms with Crippen LogP contribution in [0.25, 0.3) is 21.8 Å². The minimum absolute atomic E-state index is 0.119. The summed E-state index contributed by atoms with van der Waals surface area (Å²) in [5.41, 5.74) is 2.45. The Kier molecular flexibility index (Phi) is 1.97. The van der Waals surface area contributed by atoms with Gasteiger partial charge in [-0.25, -0.2) is 4.57 Å². The smallest absolute Gasteiger partial charge is 0.202 e. The third-order valence-electron chi connectivity index (χ3n) is 3.99. The normalized spacial score (nSPS) is 17.9. The van der Waals surface area contributed by atoms with Crippen molar-refractivity contribution in [2.24, 2.45) is 6.98 Å². The van der Waals surface area contributed by atoms with Crippen LogP contribution >= 0.6 is 0 Å². The highest BCUT2D eigenvalue weighted by atomic mass is 15.3. The molecule has 0 bridgehead atoms. The van der Waals surface area contributed by atoms with E-state index < -0.39 is 14.0 Å². The molecule has 2 heterocycles. The van der Waals surface area contributed by atoms with Gasteiger partial charge in [0.25, 0.3) is 0 Å². The number of aryl methyl sites for hydroxylation is 2. The molecule has 110 valence electrons. The lowest BCUT2D eigenvalue weighted by atomic mass is 10.2. The summed E-state index contributed by atoms with van der Waals surface area (Å²) in [4.78, 5) is 0. The van der Waals surface area contributed by atoms with E-state index in [1.807, 2.05) is 34.9 Å². The van der Waals surface area contributed by atoms with Crippen molar-refractivity contribution >= 4 is 21.8 Å². The first kappa shape index (κ1) is 8.54. The fourth-order valence-electron chi connectivity index (χ4n) is 2.85. The average Bonchev–Trinajstić information content (AvgIpc) is 2.86. The molecular weight excluding hydrogens is 258 g/mol. The lowest BCUT2D eigenvalue weighted by molar-refractivity contribution is -0.870. The molecule has 0 aliphatic heterocycles. The molecule has 3 heteroatoms. The Hall–Kier alpha value is -1.87. The zero-order chi connectivity index (χ0) is 20.2. The fraction of sp³-hybridized carbons (Fsp3) is 0.389. The molecular formula is C18H25N3+2. The number of hydrogen-bond donors (Lipinski definition) is 0. The molecule has 1 aromatic carbocycles. The minimum Gasteiger partial charge on any atom is -0.330 e. The first-order chi connectivity index (χ1) is 12.3. The third-order valence-corrected chi connectivity index (χ3v) is 3.99. The molecule has 2 aromatic heterocycles. The summed E-state index contributed by atoms with van der Waals surface area (Å²) in [7, 11) is 3.38. The van der Waals surface area contributed by atoms with Crippen LogP contribution in [0.3, 0.4) is 0 Å². The lowest BCUT2D eigenvalue weighted by Crippen LogP contribution is -2.37. The maximum atomic E-state index is 7.79. The number of likely N-dealkylation sites (N-methyl/N-ethyl adjacent to an activating group) is 1. The van der Waals surface area contributed by atoms with Crippen LogP contribution in [0, 0.1) is 6.92 Å². The van der Waals surface area contributed by atoms with Gasteiger partial charge in [-0.15, -0.1) is 0 Å². The van der Waals surface area contributed by atoms with Gasteiger partial charge < -0.3 is 9.05 Å². The van der Waals surface area contributed by atoms with Crippen LogP contribution in [0.1, 0.15) is 13.9 Å². The van der Waals surface area contributed by atoms with Crippen molar-refractivity contribution in [3.63, 3.8) is 0 Å². The van der Waals surface area contributed by atoms with E-state index in [9.17, 15) is 0 Å². The van der Waals surface area contributed by atoms with Crippen molar-refractivity contribution in [2.75, 3.05) is 27.6 Å². The van der Waals surface area contributed by atoms with Gasteiger partial charge in [-0.3, -0.25) is 0 Å². The summed E-state index contributed by atoms with van der Waals surface area (Å²) < 4.78 is 49.9. The SMILES string of the molecule is [2H]C([2H])([2H])[n+]1ccc2c3ccccc3n(CC[N+](C)(C)C([2H])([2H])[2H])c2c1C. The third kappa shape index (κ3) is 2.42. The number of nitrogens with zero attached hydrogens (tertiary/aromatic N) is 3. The molecule has 0 aliphatic rings. The molecule has 0 saturated heterocycles. The van der Waals surface area contributed by atoms with Crippen molar-refractivity contribution in [1.29, 1.82) is 0 Å². The summed E-state index contributed by atoms with van der Waals surface area (Å²) in [6, 6.07) is 9.72. The monoisotopic (exact) mass is 289 g/mol. The van der Waals surface area contributed by atoms with Gasteiger partial charge in [0, 0.05) is 29.3 Å². The van der Waals surface area contributed by atoms with E-state index in [0.717, 1.165) is 21.8 Å². The molecule has 0 atom stereocenters. The predicted octanol–water partition coefficient (Wildman–Crippen LogP) is 2.63. The minimum atomic E-state index is -2.27. The average molecular weight is 289 g/mol. The van der Waals surface area contributed by atoms with E-state index in [1.54, 1.807) is 27.2 Å². The Bertz CT molecular complexity index is 998. The highest BCUT2D eigenvalue weighted by Gasteiger charge is 2.18.